The molecule has 2 fully saturated rings. The molecule has 224 valence electrons. The van der Waals surface area contributed by atoms with Gasteiger partial charge in [-0.1, -0.05) is 60.5 Å². The lowest BCUT2D eigenvalue weighted by atomic mass is 9.66. The number of aliphatic carboxylic acids is 1. The molecule has 2 aromatic carbocycles. The van der Waals surface area contributed by atoms with Crippen LogP contribution < -0.4 is 5.32 Å². The normalized spacial score (nSPS) is 24.3. The SMILES string of the molecule is CC1(CC(=O)O)CC(c2cccc(Cl)c2)C(CC(c2ccc(Cl)cc2)(C2CC2)N(Cc2cccs2)S(C)(=O)=O)NC1=O. The third-order valence-corrected chi connectivity index (χ3v) is 11.3. The number of halogens is 2. The maximum atomic E-state index is 13.7. The van der Waals surface area contributed by atoms with Crippen LogP contribution in [0.1, 0.15) is 60.9 Å². The summed E-state index contributed by atoms with van der Waals surface area (Å²) in [5.41, 5.74) is -0.452. The summed E-state index contributed by atoms with van der Waals surface area (Å²) >= 11 is 14.2. The van der Waals surface area contributed by atoms with Crippen molar-refractivity contribution in [2.45, 2.75) is 63.1 Å². The molecule has 1 amide bonds. The second-order valence-corrected chi connectivity index (χ2v) is 15.6. The van der Waals surface area contributed by atoms with Gasteiger partial charge < -0.3 is 10.4 Å². The van der Waals surface area contributed by atoms with Crippen molar-refractivity contribution < 1.29 is 23.1 Å². The average molecular weight is 650 g/mol. The lowest BCUT2D eigenvalue weighted by Crippen LogP contribution is -2.59. The largest absolute Gasteiger partial charge is 0.481 e. The average Bonchev–Trinajstić information content (AvgIpc) is 3.63. The molecule has 4 atom stereocenters. The Balaban J connectivity index is 1.67. The van der Waals surface area contributed by atoms with Crippen molar-refractivity contribution in [3.8, 4) is 0 Å². The van der Waals surface area contributed by atoms with Crippen molar-refractivity contribution in [2.75, 3.05) is 6.26 Å². The molecule has 3 aromatic rings. The monoisotopic (exact) mass is 648 g/mol. The van der Waals surface area contributed by atoms with Crippen molar-refractivity contribution in [3.05, 3.63) is 92.1 Å². The zero-order valence-electron chi connectivity index (χ0n) is 23.4. The number of hydrogen-bond acceptors (Lipinski definition) is 5. The smallest absolute Gasteiger partial charge is 0.304 e. The summed E-state index contributed by atoms with van der Waals surface area (Å²) in [6, 6.07) is 18.1. The van der Waals surface area contributed by atoms with Crippen molar-refractivity contribution in [1.29, 1.82) is 0 Å². The van der Waals surface area contributed by atoms with Crippen molar-refractivity contribution in [1.82, 2.24) is 9.62 Å². The van der Waals surface area contributed by atoms with Gasteiger partial charge in [0.1, 0.15) is 0 Å². The van der Waals surface area contributed by atoms with Crippen LogP contribution in [0.3, 0.4) is 0 Å². The van der Waals surface area contributed by atoms with Crippen molar-refractivity contribution in [3.63, 3.8) is 0 Å². The van der Waals surface area contributed by atoms with Gasteiger partial charge in [-0.2, -0.15) is 4.31 Å². The van der Waals surface area contributed by atoms with Gasteiger partial charge >= 0.3 is 5.97 Å². The van der Waals surface area contributed by atoms with E-state index in [1.807, 2.05) is 47.8 Å². The minimum Gasteiger partial charge on any atom is -0.481 e. The first kappa shape index (κ1) is 31.0. The van der Waals surface area contributed by atoms with Gasteiger partial charge in [-0.05, 0) is 78.4 Å². The molecule has 7 nitrogen and oxygen atoms in total. The van der Waals surface area contributed by atoms with E-state index in [1.54, 1.807) is 29.4 Å². The predicted octanol–water partition coefficient (Wildman–Crippen LogP) is 6.67. The van der Waals surface area contributed by atoms with Gasteiger partial charge in [-0.15, -0.1) is 11.3 Å². The van der Waals surface area contributed by atoms with Crippen LogP contribution in [0.4, 0.5) is 0 Å². The molecule has 1 aromatic heterocycles. The highest BCUT2D eigenvalue weighted by molar-refractivity contribution is 7.88. The molecule has 0 spiro atoms. The predicted molar refractivity (Wildman–Crippen MR) is 166 cm³/mol. The first-order valence-corrected chi connectivity index (χ1v) is 17.3. The van der Waals surface area contributed by atoms with E-state index in [0.29, 0.717) is 16.5 Å². The van der Waals surface area contributed by atoms with Crippen molar-refractivity contribution in [2.24, 2.45) is 11.3 Å². The summed E-state index contributed by atoms with van der Waals surface area (Å²) in [7, 11) is -3.76. The Labute approximate surface area is 260 Å². The number of carbonyl (C=O) groups is 2. The number of rotatable bonds is 11. The van der Waals surface area contributed by atoms with Gasteiger partial charge in [0.2, 0.25) is 15.9 Å². The topological polar surface area (TPSA) is 104 Å². The third kappa shape index (κ3) is 6.40. The molecule has 5 rings (SSSR count). The molecule has 42 heavy (non-hydrogen) atoms. The number of piperidine rings is 1. The highest BCUT2D eigenvalue weighted by Gasteiger charge is 2.57. The number of amides is 1. The van der Waals surface area contributed by atoms with Crippen LogP contribution in [0.2, 0.25) is 10.0 Å². The Hall–Kier alpha value is -2.43. The lowest BCUT2D eigenvalue weighted by molar-refractivity contribution is -0.147. The molecule has 0 radical (unpaired) electrons. The summed E-state index contributed by atoms with van der Waals surface area (Å²) in [5, 5.41) is 15.8. The van der Waals surface area contributed by atoms with E-state index >= 15 is 0 Å². The molecule has 11 heteroatoms. The van der Waals surface area contributed by atoms with Gasteiger partial charge in [0.25, 0.3) is 0 Å². The van der Waals surface area contributed by atoms with Crippen LogP contribution in [-0.4, -0.2) is 42.0 Å². The fourth-order valence-corrected chi connectivity index (χ4v) is 9.03. The Morgan fingerprint density at radius 1 is 1.12 bits per heavy atom. The molecule has 2 heterocycles. The van der Waals surface area contributed by atoms with Crippen molar-refractivity contribution >= 4 is 56.4 Å². The van der Waals surface area contributed by atoms with E-state index in [1.165, 1.54) is 17.6 Å². The van der Waals surface area contributed by atoms with Crippen LogP contribution in [0.15, 0.2) is 66.0 Å². The Morgan fingerprint density at radius 3 is 2.40 bits per heavy atom. The highest BCUT2D eigenvalue weighted by Crippen LogP contribution is 2.56. The number of thiophene rings is 1. The van der Waals surface area contributed by atoms with Gasteiger partial charge in [-0.25, -0.2) is 8.42 Å². The molecular weight excluding hydrogens is 615 g/mol. The summed E-state index contributed by atoms with van der Waals surface area (Å²) < 4.78 is 29.1. The molecule has 0 bridgehead atoms. The number of sulfonamides is 1. The number of hydrogen-bond donors (Lipinski definition) is 2. The number of carboxylic acid groups (broad SMARTS) is 1. The zero-order valence-corrected chi connectivity index (χ0v) is 26.6. The van der Waals surface area contributed by atoms with Crippen LogP contribution in [0, 0.1) is 11.3 Å². The maximum absolute atomic E-state index is 13.7. The van der Waals surface area contributed by atoms with E-state index in [2.05, 4.69) is 5.32 Å². The van der Waals surface area contributed by atoms with E-state index < -0.39 is 33.0 Å². The summed E-state index contributed by atoms with van der Waals surface area (Å²) in [4.78, 5) is 26.3. The van der Waals surface area contributed by atoms with E-state index in [9.17, 15) is 23.1 Å². The van der Waals surface area contributed by atoms with Gasteiger partial charge in [0.05, 0.1) is 23.6 Å². The summed E-state index contributed by atoms with van der Waals surface area (Å²) in [6.07, 6.45) is 3.16. The quantitative estimate of drug-likeness (QED) is 0.242. The summed E-state index contributed by atoms with van der Waals surface area (Å²) in [6.45, 7) is 1.87. The Bertz CT molecular complexity index is 1560. The standard InChI is InChI=1S/C31H34Cl2N2O5S2/c1-30(18-28(36)37)16-26(20-5-3-6-24(33)15-20)27(34-29(30)38)17-31(21-8-9-21,22-10-12-23(32)13-11-22)35(42(2,39)40)19-25-7-4-14-41-25/h3-7,10-15,21,26-27H,8-9,16-19H2,1-2H3,(H,34,38)(H,36,37). The first-order valence-electron chi connectivity index (χ1n) is 13.9. The van der Waals surface area contributed by atoms with Gasteiger partial charge in [-0.3, -0.25) is 9.59 Å². The fraction of sp³-hybridized carbons (Fsp3) is 0.419. The van der Waals surface area contributed by atoms with Crippen LogP contribution in [-0.2, 0) is 31.7 Å². The first-order chi connectivity index (χ1) is 19.8. The minimum absolute atomic E-state index is 0.0117. The maximum Gasteiger partial charge on any atom is 0.304 e. The summed E-state index contributed by atoms with van der Waals surface area (Å²) in [5.74, 6) is -1.70. The second-order valence-electron chi connectivity index (χ2n) is 11.8. The van der Waals surface area contributed by atoms with Gasteiger partial charge in [0, 0.05) is 33.4 Å². The zero-order chi connectivity index (χ0) is 30.3. The molecule has 1 saturated carbocycles. The van der Waals surface area contributed by atoms with Crippen LogP contribution in [0.25, 0.3) is 0 Å². The third-order valence-electron chi connectivity index (χ3n) is 8.69. The number of carbonyl (C=O) groups excluding carboxylic acids is 1. The fourth-order valence-electron chi connectivity index (χ4n) is 6.63. The van der Waals surface area contributed by atoms with E-state index in [0.717, 1.165) is 28.8 Å². The number of nitrogens with zero attached hydrogens (tertiary/aromatic N) is 1. The molecule has 1 aliphatic heterocycles. The van der Waals surface area contributed by atoms with E-state index in [-0.39, 0.29) is 37.1 Å². The molecule has 2 aliphatic rings. The Kier molecular flexibility index (Phi) is 8.80. The number of nitrogens with one attached hydrogen (secondary N) is 1. The second kappa shape index (κ2) is 11.9. The molecular formula is C31H34Cl2N2O5S2. The van der Waals surface area contributed by atoms with Crippen LogP contribution >= 0.6 is 34.5 Å². The van der Waals surface area contributed by atoms with Crippen LogP contribution in [0.5, 0.6) is 0 Å². The van der Waals surface area contributed by atoms with Gasteiger partial charge in [0.15, 0.2) is 0 Å². The minimum atomic E-state index is -3.76. The lowest BCUT2D eigenvalue weighted by Gasteiger charge is -2.49. The molecule has 1 aliphatic carbocycles. The molecule has 1 saturated heterocycles. The highest BCUT2D eigenvalue weighted by atomic mass is 35.5. The molecule has 4 unspecified atom stereocenters. The van der Waals surface area contributed by atoms with E-state index in [4.69, 9.17) is 23.2 Å². The number of benzene rings is 2. The molecule has 2 N–H and O–H groups in total. The number of carboxylic acids is 1. The Morgan fingerprint density at radius 2 is 1.83 bits per heavy atom.